The number of sulfonamides is 1. The van der Waals surface area contributed by atoms with Crippen molar-refractivity contribution >= 4 is 21.8 Å². The molecule has 8 heteroatoms. The molecule has 1 heterocycles. The second-order valence-corrected chi connectivity index (χ2v) is 11.8. The van der Waals surface area contributed by atoms with Gasteiger partial charge in [0.15, 0.2) is 0 Å². The quantitative estimate of drug-likeness (QED) is 0.488. The van der Waals surface area contributed by atoms with Crippen LogP contribution in [0.2, 0.25) is 0 Å². The molecule has 0 radical (unpaired) electrons. The fourth-order valence-electron chi connectivity index (χ4n) is 4.28. The molecule has 2 rings (SSSR count). The Balaban J connectivity index is 2.22. The van der Waals surface area contributed by atoms with Crippen molar-refractivity contribution in [2.45, 2.75) is 66.5 Å². The Morgan fingerprint density at radius 3 is 2.18 bits per heavy atom. The third-order valence-corrected chi connectivity index (χ3v) is 7.95. The summed E-state index contributed by atoms with van der Waals surface area (Å²) >= 11 is 0. The molecule has 1 aromatic rings. The first-order valence-corrected chi connectivity index (χ1v) is 13.8. The minimum atomic E-state index is -3.50. The van der Waals surface area contributed by atoms with Gasteiger partial charge in [-0.25, -0.2) is 8.42 Å². The predicted molar refractivity (Wildman–Crippen MR) is 132 cm³/mol. The zero-order chi connectivity index (χ0) is 24.6. The van der Waals surface area contributed by atoms with Gasteiger partial charge in [-0.2, -0.15) is 4.31 Å². The molecule has 0 saturated carbocycles. The van der Waals surface area contributed by atoms with Crippen LogP contribution in [0.4, 0.5) is 0 Å². The van der Waals surface area contributed by atoms with E-state index in [0.29, 0.717) is 45.4 Å². The van der Waals surface area contributed by atoms with Gasteiger partial charge in [0, 0.05) is 38.1 Å². The summed E-state index contributed by atoms with van der Waals surface area (Å²) in [5.41, 5.74) is 1.01. The van der Waals surface area contributed by atoms with E-state index in [-0.39, 0.29) is 42.0 Å². The third kappa shape index (κ3) is 8.10. The average Bonchev–Trinajstić information content (AvgIpc) is 2.77. The molecule has 33 heavy (non-hydrogen) atoms. The minimum absolute atomic E-state index is 0.0244. The van der Waals surface area contributed by atoms with E-state index in [1.54, 1.807) is 0 Å². The number of carbonyl (C=O) groups excluding carboxylic acids is 2. The van der Waals surface area contributed by atoms with Gasteiger partial charge in [-0.15, -0.1) is 0 Å². The summed E-state index contributed by atoms with van der Waals surface area (Å²) in [5.74, 6) is 0.0896. The normalized spacial score (nSPS) is 15.5. The summed E-state index contributed by atoms with van der Waals surface area (Å²) in [6.45, 7) is 11.4. The fraction of sp³-hybridized carbons (Fsp3) is 0.680. The largest absolute Gasteiger partial charge is 0.342 e. The molecular formula is C25H41N3O4S. The number of likely N-dealkylation sites (tertiary alicyclic amines) is 1. The molecule has 1 saturated heterocycles. The van der Waals surface area contributed by atoms with Gasteiger partial charge >= 0.3 is 0 Å². The van der Waals surface area contributed by atoms with Crippen LogP contribution in [0.15, 0.2) is 30.3 Å². The van der Waals surface area contributed by atoms with Crippen molar-refractivity contribution < 1.29 is 18.0 Å². The van der Waals surface area contributed by atoms with Gasteiger partial charge in [0.25, 0.3) is 0 Å². The lowest BCUT2D eigenvalue weighted by atomic mass is 10.0. The highest BCUT2D eigenvalue weighted by Gasteiger charge is 2.33. The second-order valence-electron chi connectivity index (χ2n) is 9.72. The third-order valence-electron chi connectivity index (χ3n) is 5.96. The molecule has 0 aromatic heterocycles. The van der Waals surface area contributed by atoms with Crippen molar-refractivity contribution in [3.05, 3.63) is 35.9 Å². The van der Waals surface area contributed by atoms with Crippen LogP contribution in [0.25, 0.3) is 0 Å². The molecule has 0 unspecified atom stereocenters. The number of hydrogen-bond donors (Lipinski definition) is 0. The molecule has 1 fully saturated rings. The van der Waals surface area contributed by atoms with Crippen molar-refractivity contribution in [1.29, 1.82) is 0 Å². The lowest BCUT2D eigenvalue weighted by Gasteiger charge is -2.40. The van der Waals surface area contributed by atoms with E-state index in [0.717, 1.165) is 5.56 Å². The maximum atomic E-state index is 13.6. The van der Waals surface area contributed by atoms with Crippen molar-refractivity contribution in [3.8, 4) is 0 Å². The molecule has 0 aliphatic carbocycles. The van der Waals surface area contributed by atoms with Gasteiger partial charge in [-0.1, -0.05) is 65.0 Å². The minimum Gasteiger partial charge on any atom is -0.342 e. The summed E-state index contributed by atoms with van der Waals surface area (Å²) in [7, 11) is -3.50. The summed E-state index contributed by atoms with van der Waals surface area (Å²) < 4.78 is 27.1. The predicted octanol–water partition coefficient (Wildman–Crippen LogP) is 3.36. The van der Waals surface area contributed by atoms with Crippen LogP contribution in [0, 0.1) is 11.8 Å². The van der Waals surface area contributed by atoms with Gasteiger partial charge in [0.05, 0.1) is 12.3 Å². The highest BCUT2D eigenvalue weighted by atomic mass is 32.2. The smallest absolute Gasteiger partial charge is 0.238 e. The van der Waals surface area contributed by atoms with E-state index >= 15 is 0 Å². The maximum absolute atomic E-state index is 13.6. The number of rotatable bonds is 11. The summed E-state index contributed by atoms with van der Waals surface area (Å²) in [4.78, 5) is 29.7. The molecular weight excluding hydrogens is 438 g/mol. The number of hydrogen-bond acceptors (Lipinski definition) is 4. The number of nitrogens with zero attached hydrogens (tertiary/aromatic N) is 3. The molecule has 1 aromatic carbocycles. The van der Waals surface area contributed by atoms with Crippen LogP contribution in [-0.4, -0.2) is 72.3 Å². The van der Waals surface area contributed by atoms with Crippen molar-refractivity contribution in [3.63, 3.8) is 0 Å². The van der Waals surface area contributed by atoms with Crippen LogP contribution in [-0.2, 0) is 26.2 Å². The number of benzene rings is 1. The number of amides is 2. The van der Waals surface area contributed by atoms with Crippen LogP contribution in [0.5, 0.6) is 0 Å². The molecule has 1 aliphatic heterocycles. The van der Waals surface area contributed by atoms with Gasteiger partial charge in [-0.3, -0.25) is 9.59 Å². The molecule has 0 N–H and O–H groups in total. The monoisotopic (exact) mass is 479 g/mol. The number of carbonyl (C=O) groups is 2. The summed E-state index contributed by atoms with van der Waals surface area (Å²) in [6.07, 6.45) is 1.91. The Labute approximate surface area is 200 Å². The fourth-order valence-corrected chi connectivity index (χ4v) is 5.88. The van der Waals surface area contributed by atoms with Gasteiger partial charge in [0.1, 0.15) is 0 Å². The van der Waals surface area contributed by atoms with Crippen molar-refractivity contribution in [1.82, 2.24) is 14.1 Å². The van der Waals surface area contributed by atoms with Crippen molar-refractivity contribution in [2.75, 3.05) is 31.9 Å². The van der Waals surface area contributed by atoms with Crippen LogP contribution < -0.4 is 0 Å². The summed E-state index contributed by atoms with van der Waals surface area (Å²) in [5, 5.41) is 0. The zero-order valence-corrected chi connectivity index (χ0v) is 21.7. The van der Waals surface area contributed by atoms with Crippen LogP contribution in [0.3, 0.4) is 0 Å². The van der Waals surface area contributed by atoms with Crippen molar-refractivity contribution in [2.24, 2.45) is 11.8 Å². The van der Waals surface area contributed by atoms with Gasteiger partial charge in [0.2, 0.25) is 21.8 Å². The Morgan fingerprint density at radius 1 is 1.06 bits per heavy atom. The number of piperidine rings is 1. The van der Waals surface area contributed by atoms with Gasteiger partial charge in [-0.05, 0) is 30.7 Å². The van der Waals surface area contributed by atoms with E-state index in [4.69, 9.17) is 0 Å². The lowest BCUT2D eigenvalue weighted by molar-refractivity contribution is -0.139. The highest BCUT2D eigenvalue weighted by Crippen LogP contribution is 2.22. The highest BCUT2D eigenvalue weighted by molar-refractivity contribution is 7.89. The maximum Gasteiger partial charge on any atom is 0.238 e. The Kier molecular flexibility index (Phi) is 10.4. The van der Waals surface area contributed by atoms with Crippen LogP contribution >= 0.6 is 0 Å². The van der Waals surface area contributed by atoms with Crippen LogP contribution in [0.1, 0.15) is 59.4 Å². The first-order valence-electron chi connectivity index (χ1n) is 12.1. The average molecular weight is 480 g/mol. The molecule has 7 nitrogen and oxygen atoms in total. The SMILES string of the molecule is CCCS(=O)(=O)N(CC(=O)N(Cc1ccccc1)C1CCN(C(=O)C(C)C)CC1)CC(C)C. The van der Waals surface area contributed by atoms with E-state index < -0.39 is 10.0 Å². The van der Waals surface area contributed by atoms with E-state index in [2.05, 4.69) is 0 Å². The molecule has 2 amide bonds. The topological polar surface area (TPSA) is 78.0 Å². The second kappa shape index (κ2) is 12.5. The first kappa shape index (κ1) is 27.3. The standard InChI is InChI=1S/C25H41N3O4S/c1-6-16-33(31,32)27(17-20(2)3)19-24(29)28(18-22-10-8-7-9-11-22)23-12-14-26(15-13-23)25(30)21(4)5/h7-11,20-21,23H,6,12-19H2,1-5H3. The van der Waals surface area contributed by atoms with E-state index in [9.17, 15) is 18.0 Å². The zero-order valence-electron chi connectivity index (χ0n) is 20.9. The van der Waals surface area contributed by atoms with E-state index in [1.807, 2.05) is 74.8 Å². The lowest BCUT2D eigenvalue weighted by Crippen LogP contribution is -2.52. The Morgan fingerprint density at radius 2 is 1.67 bits per heavy atom. The molecule has 0 bridgehead atoms. The molecule has 0 atom stereocenters. The van der Waals surface area contributed by atoms with Gasteiger partial charge < -0.3 is 9.80 Å². The van der Waals surface area contributed by atoms with E-state index in [1.165, 1.54) is 4.31 Å². The molecule has 186 valence electrons. The molecule has 0 spiro atoms. The Bertz CT molecular complexity index is 863. The summed E-state index contributed by atoms with van der Waals surface area (Å²) in [6, 6.07) is 9.77. The first-order chi connectivity index (χ1) is 15.5. The Hall–Kier alpha value is -1.93. The molecule has 1 aliphatic rings.